The Hall–Kier alpha value is -1.16. The van der Waals surface area contributed by atoms with Crippen molar-refractivity contribution >= 4 is 16.8 Å². The summed E-state index contributed by atoms with van der Waals surface area (Å²) in [4.78, 5) is 10.2. The van der Waals surface area contributed by atoms with Crippen molar-refractivity contribution in [1.29, 1.82) is 0 Å². The van der Waals surface area contributed by atoms with Crippen LogP contribution in [-0.2, 0) is 22.0 Å². The molecule has 1 aromatic carbocycles. The van der Waals surface area contributed by atoms with E-state index < -0.39 is 16.8 Å². The Kier molecular flexibility index (Phi) is 5.04. The molecule has 1 N–H and O–H groups in total. The van der Waals surface area contributed by atoms with Gasteiger partial charge in [-0.1, -0.05) is 30.3 Å². The van der Waals surface area contributed by atoms with Crippen LogP contribution in [0.4, 0.5) is 0 Å². The van der Waals surface area contributed by atoms with Gasteiger partial charge in [0.15, 0.2) is 0 Å². The zero-order chi connectivity index (χ0) is 11.1. The second-order valence-corrected chi connectivity index (χ2v) is 4.92. The van der Waals surface area contributed by atoms with E-state index >= 15 is 0 Å². The lowest BCUT2D eigenvalue weighted by Crippen LogP contribution is -2.09. The van der Waals surface area contributed by atoms with E-state index in [0.29, 0.717) is 5.75 Å². The van der Waals surface area contributed by atoms with E-state index in [1.165, 1.54) is 0 Å². The van der Waals surface area contributed by atoms with Gasteiger partial charge in [-0.25, -0.2) is 0 Å². The van der Waals surface area contributed by atoms with Gasteiger partial charge in [-0.3, -0.25) is 9.00 Å². The predicted molar refractivity (Wildman–Crippen MR) is 60.3 cm³/mol. The fourth-order valence-corrected chi connectivity index (χ4v) is 2.25. The monoisotopic (exact) mass is 226 g/mol. The first-order valence-corrected chi connectivity index (χ1v) is 6.28. The molecule has 0 radical (unpaired) electrons. The lowest BCUT2D eigenvalue weighted by molar-refractivity contribution is -0.136. The van der Waals surface area contributed by atoms with Gasteiger partial charge in [-0.2, -0.15) is 0 Å². The highest BCUT2D eigenvalue weighted by molar-refractivity contribution is 7.84. The summed E-state index contributed by atoms with van der Waals surface area (Å²) in [6, 6.07) is 9.78. The smallest absolute Gasteiger partial charge is 0.304 e. The Morgan fingerprint density at radius 1 is 1.20 bits per heavy atom. The molecule has 1 unspecified atom stereocenters. The Bertz CT molecular complexity index is 335. The molecule has 1 rings (SSSR count). The molecule has 0 fully saturated rings. The molecule has 82 valence electrons. The molecule has 1 aromatic rings. The minimum Gasteiger partial charge on any atom is -0.481 e. The minimum absolute atomic E-state index is 0.0125. The summed E-state index contributed by atoms with van der Waals surface area (Å²) in [6.45, 7) is 0. The van der Waals surface area contributed by atoms with Crippen LogP contribution in [0.5, 0.6) is 0 Å². The molecule has 15 heavy (non-hydrogen) atoms. The Morgan fingerprint density at radius 2 is 1.87 bits per heavy atom. The fraction of sp³-hybridized carbons (Fsp3) is 0.364. The van der Waals surface area contributed by atoms with Gasteiger partial charge in [0.05, 0.1) is 6.42 Å². The molecular formula is C11H14O3S. The third-order valence-corrected chi connectivity index (χ3v) is 3.32. The Labute approximate surface area is 91.6 Å². The molecule has 0 saturated carbocycles. The van der Waals surface area contributed by atoms with Crippen molar-refractivity contribution in [3.05, 3.63) is 35.9 Å². The van der Waals surface area contributed by atoms with Gasteiger partial charge in [0.25, 0.3) is 0 Å². The quantitative estimate of drug-likeness (QED) is 0.798. The van der Waals surface area contributed by atoms with Crippen molar-refractivity contribution in [3.8, 4) is 0 Å². The van der Waals surface area contributed by atoms with E-state index in [-0.39, 0.29) is 12.2 Å². The second kappa shape index (κ2) is 6.35. The summed E-state index contributed by atoms with van der Waals surface area (Å²) < 4.78 is 11.4. The normalized spacial score (nSPS) is 12.3. The number of rotatable bonds is 6. The van der Waals surface area contributed by atoms with Crippen molar-refractivity contribution in [2.45, 2.75) is 12.8 Å². The molecule has 0 aliphatic heterocycles. The van der Waals surface area contributed by atoms with Crippen LogP contribution in [0.3, 0.4) is 0 Å². The topological polar surface area (TPSA) is 54.4 Å². The van der Waals surface area contributed by atoms with Crippen LogP contribution >= 0.6 is 0 Å². The van der Waals surface area contributed by atoms with E-state index in [1.807, 2.05) is 30.3 Å². The molecule has 0 saturated heterocycles. The molecule has 0 aliphatic carbocycles. The van der Waals surface area contributed by atoms with Crippen molar-refractivity contribution in [3.63, 3.8) is 0 Å². The minimum atomic E-state index is -1.02. The van der Waals surface area contributed by atoms with Crippen LogP contribution in [0, 0.1) is 0 Å². The molecule has 4 heteroatoms. The van der Waals surface area contributed by atoms with Crippen LogP contribution in [0.2, 0.25) is 0 Å². The van der Waals surface area contributed by atoms with Crippen molar-refractivity contribution in [1.82, 2.24) is 0 Å². The molecule has 0 heterocycles. The van der Waals surface area contributed by atoms with Gasteiger partial charge in [0.1, 0.15) is 0 Å². The van der Waals surface area contributed by atoms with Crippen LogP contribution < -0.4 is 0 Å². The van der Waals surface area contributed by atoms with E-state index in [4.69, 9.17) is 5.11 Å². The van der Waals surface area contributed by atoms with Crippen LogP contribution in [0.1, 0.15) is 12.0 Å². The van der Waals surface area contributed by atoms with Gasteiger partial charge in [0, 0.05) is 22.3 Å². The van der Waals surface area contributed by atoms with E-state index in [2.05, 4.69) is 0 Å². The third-order valence-electron chi connectivity index (χ3n) is 2.00. The van der Waals surface area contributed by atoms with E-state index in [0.717, 1.165) is 12.0 Å². The third kappa shape index (κ3) is 5.32. The van der Waals surface area contributed by atoms with Gasteiger partial charge in [-0.15, -0.1) is 0 Å². The first kappa shape index (κ1) is 11.9. The first-order chi connectivity index (χ1) is 7.18. The van der Waals surface area contributed by atoms with Gasteiger partial charge >= 0.3 is 5.97 Å². The fourth-order valence-electron chi connectivity index (χ4n) is 1.18. The highest BCUT2D eigenvalue weighted by atomic mass is 32.2. The number of carboxylic acids is 1. The molecule has 0 aliphatic rings. The molecule has 0 aromatic heterocycles. The molecular weight excluding hydrogens is 212 g/mol. The highest BCUT2D eigenvalue weighted by Gasteiger charge is 2.03. The average molecular weight is 226 g/mol. The van der Waals surface area contributed by atoms with Crippen LogP contribution in [-0.4, -0.2) is 26.8 Å². The van der Waals surface area contributed by atoms with E-state index in [1.54, 1.807) is 0 Å². The van der Waals surface area contributed by atoms with Crippen LogP contribution in [0.15, 0.2) is 30.3 Å². The molecule has 0 bridgehead atoms. The summed E-state index contributed by atoms with van der Waals surface area (Å²) >= 11 is 0. The Balaban J connectivity index is 2.26. The maximum atomic E-state index is 11.4. The van der Waals surface area contributed by atoms with Gasteiger partial charge in [0.2, 0.25) is 0 Å². The zero-order valence-electron chi connectivity index (χ0n) is 8.39. The first-order valence-electron chi connectivity index (χ1n) is 4.79. The SMILES string of the molecule is O=C(O)CCS(=O)CCc1ccccc1. The van der Waals surface area contributed by atoms with Crippen molar-refractivity contribution < 1.29 is 14.1 Å². The van der Waals surface area contributed by atoms with E-state index in [9.17, 15) is 9.00 Å². The highest BCUT2D eigenvalue weighted by Crippen LogP contribution is 2.01. The molecule has 0 amide bonds. The lowest BCUT2D eigenvalue weighted by Gasteiger charge is -2.00. The molecule has 3 nitrogen and oxygen atoms in total. The zero-order valence-corrected chi connectivity index (χ0v) is 9.20. The number of benzene rings is 1. The van der Waals surface area contributed by atoms with Crippen molar-refractivity contribution in [2.24, 2.45) is 0 Å². The number of carboxylic acid groups (broad SMARTS) is 1. The molecule has 0 spiro atoms. The summed E-state index contributed by atoms with van der Waals surface area (Å²) in [7, 11) is -1.02. The number of hydrogen-bond acceptors (Lipinski definition) is 2. The largest absolute Gasteiger partial charge is 0.481 e. The lowest BCUT2D eigenvalue weighted by atomic mass is 10.2. The standard InChI is InChI=1S/C11H14O3S/c12-11(13)7-9-15(14)8-6-10-4-2-1-3-5-10/h1-5H,6-9H2,(H,12,13). The van der Waals surface area contributed by atoms with Gasteiger partial charge in [-0.05, 0) is 12.0 Å². The van der Waals surface area contributed by atoms with Gasteiger partial charge < -0.3 is 5.11 Å². The predicted octanol–water partition coefficient (Wildman–Crippen LogP) is 1.45. The van der Waals surface area contributed by atoms with Crippen molar-refractivity contribution in [2.75, 3.05) is 11.5 Å². The summed E-state index contributed by atoms with van der Waals surface area (Å²) in [6.07, 6.45) is 0.731. The van der Waals surface area contributed by atoms with Crippen LogP contribution in [0.25, 0.3) is 0 Å². The maximum Gasteiger partial charge on any atom is 0.304 e. The number of carbonyl (C=O) groups is 1. The number of aliphatic carboxylic acids is 1. The number of aryl methyl sites for hydroxylation is 1. The maximum absolute atomic E-state index is 11.4. The number of hydrogen-bond donors (Lipinski definition) is 1. The average Bonchev–Trinajstić information content (AvgIpc) is 2.25. The Morgan fingerprint density at radius 3 is 2.47 bits per heavy atom. The summed E-state index contributed by atoms with van der Waals surface area (Å²) in [5, 5.41) is 8.41. The second-order valence-electron chi connectivity index (χ2n) is 3.23. The summed E-state index contributed by atoms with van der Waals surface area (Å²) in [5.41, 5.74) is 1.14. The summed E-state index contributed by atoms with van der Waals surface area (Å²) in [5.74, 6) is -0.0949. The molecule has 1 atom stereocenters.